The van der Waals surface area contributed by atoms with Crippen LogP contribution in [0.1, 0.15) is 6.92 Å². The molecule has 1 N–H and O–H groups in total. The van der Waals surface area contributed by atoms with Gasteiger partial charge in [-0.15, -0.1) is 0 Å². The fourth-order valence-electron chi connectivity index (χ4n) is 1.44. The topological polar surface area (TPSA) is 93.1 Å². The van der Waals surface area contributed by atoms with Crippen molar-refractivity contribution in [2.75, 3.05) is 26.3 Å². The minimum atomic E-state index is -1.25. The number of aliphatic carboxylic acids is 1. The summed E-state index contributed by atoms with van der Waals surface area (Å²) in [5, 5.41) is 8.33. The lowest BCUT2D eigenvalue weighted by molar-refractivity contribution is -0.157. The van der Waals surface area contributed by atoms with Crippen molar-refractivity contribution in [2.45, 2.75) is 13.0 Å². The van der Waals surface area contributed by atoms with Crippen LogP contribution < -0.4 is 0 Å². The third-order valence-corrected chi connectivity index (χ3v) is 2.33. The van der Waals surface area contributed by atoms with Crippen LogP contribution in [0, 0.1) is 0 Å². The highest BCUT2D eigenvalue weighted by atomic mass is 16.5. The van der Waals surface area contributed by atoms with E-state index in [0.717, 1.165) is 6.08 Å². The van der Waals surface area contributed by atoms with Crippen LogP contribution in [0.25, 0.3) is 0 Å². The number of ether oxygens (including phenoxy) is 2. The molecule has 1 heterocycles. The first-order chi connectivity index (χ1) is 8.50. The number of rotatable bonds is 4. The largest absolute Gasteiger partial charge is 0.478 e. The molecule has 100 valence electrons. The molecule has 0 spiro atoms. The predicted octanol–water partition coefficient (Wildman–Crippen LogP) is -0.582. The second kappa shape index (κ2) is 6.75. The molecular formula is C11H15NO6. The van der Waals surface area contributed by atoms with Crippen molar-refractivity contribution in [3.63, 3.8) is 0 Å². The molecule has 0 bridgehead atoms. The molecule has 1 fully saturated rings. The standard InChI is InChI=1S/C11H15NO6/c1-8(18-10(15)3-2-9(13)14)11(16)12-4-6-17-7-5-12/h2-3,8H,4-7H2,1H3,(H,13,14). The van der Waals surface area contributed by atoms with Gasteiger partial charge < -0.3 is 19.5 Å². The molecule has 1 aliphatic heterocycles. The molecule has 0 radical (unpaired) electrons. The zero-order chi connectivity index (χ0) is 13.5. The Kier molecular flexibility index (Phi) is 5.31. The van der Waals surface area contributed by atoms with Gasteiger partial charge in [-0.2, -0.15) is 0 Å². The van der Waals surface area contributed by atoms with E-state index >= 15 is 0 Å². The van der Waals surface area contributed by atoms with Gasteiger partial charge in [0.15, 0.2) is 6.10 Å². The van der Waals surface area contributed by atoms with Gasteiger partial charge in [-0.05, 0) is 6.92 Å². The first-order valence-electron chi connectivity index (χ1n) is 5.49. The van der Waals surface area contributed by atoms with Crippen LogP contribution in [-0.2, 0) is 23.9 Å². The summed E-state index contributed by atoms with van der Waals surface area (Å²) in [5.74, 6) is -2.42. The van der Waals surface area contributed by atoms with E-state index in [2.05, 4.69) is 0 Å². The molecule has 7 heteroatoms. The van der Waals surface area contributed by atoms with E-state index in [1.54, 1.807) is 4.90 Å². The van der Waals surface area contributed by atoms with Gasteiger partial charge in [-0.25, -0.2) is 9.59 Å². The first-order valence-corrected chi connectivity index (χ1v) is 5.49. The van der Waals surface area contributed by atoms with Crippen LogP contribution in [0.3, 0.4) is 0 Å². The Morgan fingerprint density at radius 3 is 2.44 bits per heavy atom. The Morgan fingerprint density at radius 1 is 1.28 bits per heavy atom. The second-order valence-electron chi connectivity index (χ2n) is 3.69. The van der Waals surface area contributed by atoms with Gasteiger partial charge >= 0.3 is 11.9 Å². The molecule has 1 unspecified atom stereocenters. The normalized spacial score (nSPS) is 17.5. The summed E-state index contributed by atoms with van der Waals surface area (Å²) in [4.78, 5) is 34.7. The Labute approximate surface area is 104 Å². The van der Waals surface area contributed by atoms with Crippen LogP contribution in [0.4, 0.5) is 0 Å². The van der Waals surface area contributed by atoms with Crippen LogP contribution >= 0.6 is 0 Å². The summed E-state index contributed by atoms with van der Waals surface area (Å²) in [6.07, 6.45) is 0.494. The molecule has 1 saturated heterocycles. The molecule has 1 amide bonds. The van der Waals surface area contributed by atoms with Crippen molar-refractivity contribution in [1.29, 1.82) is 0 Å². The minimum absolute atomic E-state index is 0.310. The van der Waals surface area contributed by atoms with E-state index in [1.807, 2.05) is 0 Å². The molecule has 1 rings (SSSR count). The van der Waals surface area contributed by atoms with Gasteiger partial charge in [-0.3, -0.25) is 4.79 Å². The average molecular weight is 257 g/mol. The molecule has 1 aliphatic rings. The number of morpholine rings is 1. The quantitative estimate of drug-likeness (QED) is 0.535. The number of carbonyl (C=O) groups excluding carboxylic acids is 2. The first kappa shape index (κ1) is 14.2. The SMILES string of the molecule is CC(OC(=O)C=CC(=O)O)C(=O)N1CCOCC1. The summed E-state index contributed by atoms with van der Waals surface area (Å²) < 4.78 is 9.89. The van der Waals surface area contributed by atoms with Gasteiger partial charge in [0.25, 0.3) is 5.91 Å². The van der Waals surface area contributed by atoms with E-state index in [9.17, 15) is 14.4 Å². The van der Waals surface area contributed by atoms with Crippen molar-refractivity contribution < 1.29 is 29.0 Å². The molecule has 0 aromatic heterocycles. The lowest BCUT2D eigenvalue weighted by Crippen LogP contribution is -2.45. The van der Waals surface area contributed by atoms with E-state index in [0.29, 0.717) is 32.4 Å². The highest BCUT2D eigenvalue weighted by Crippen LogP contribution is 2.03. The lowest BCUT2D eigenvalue weighted by atomic mass is 10.3. The number of esters is 1. The molecule has 18 heavy (non-hydrogen) atoms. The highest BCUT2D eigenvalue weighted by molar-refractivity contribution is 5.92. The van der Waals surface area contributed by atoms with Crippen molar-refractivity contribution in [3.8, 4) is 0 Å². The van der Waals surface area contributed by atoms with Crippen LogP contribution in [0.2, 0.25) is 0 Å². The molecule has 0 aromatic carbocycles. The number of hydrogen-bond acceptors (Lipinski definition) is 5. The molecular weight excluding hydrogens is 242 g/mol. The Bertz CT molecular complexity index is 359. The van der Waals surface area contributed by atoms with Gasteiger partial charge in [0, 0.05) is 25.2 Å². The smallest absolute Gasteiger partial charge is 0.331 e. The van der Waals surface area contributed by atoms with E-state index in [1.165, 1.54) is 6.92 Å². The molecule has 0 aliphatic carbocycles. The zero-order valence-corrected chi connectivity index (χ0v) is 10.00. The van der Waals surface area contributed by atoms with E-state index in [4.69, 9.17) is 14.6 Å². The third kappa shape index (κ3) is 4.54. The zero-order valence-electron chi connectivity index (χ0n) is 10.00. The maximum atomic E-state index is 11.8. The van der Waals surface area contributed by atoms with Crippen molar-refractivity contribution in [2.24, 2.45) is 0 Å². The summed E-state index contributed by atoms with van der Waals surface area (Å²) in [6, 6.07) is 0. The number of hydrogen-bond donors (Lipinski definition) is 1. The van der Waals surface area contributed by atoms with Crippen LogP contribution in [0.5, 0.6) is 0 Å². The number of carbonyl (C=O) groups is 3. The number of carboxylic acid groups (broad SMARTS) is 1. The predicted molar refractivity (Wildman–Crippen MR) is 59.7 cm³/mol. The summed E-state index contributed by atoms with van der Waals surface area (Å²) in [6.45, 7) is 3.30. The Balaban J connectivity index is 2.43. The fourth-order valence-corrected chi connectivity index (χ4v) is 1.44. The third-order valence-electron chi connectivity index (χ3n) is 2.33. The maximum Gasteiger partial charge on any atom is 0.331 e. The van der Waals surface area contributed by atoms with Crippen molar-refractivity contribution in [3.05, 3.63) is 12.2 Å². The van der Waals surface area contributed by atoms with Crippen molar-refractivity contribution in [1.82, 2.24) is 4.90 Å². The molecule has 1 atom stereocenters. The van der Waals surface area contributed by atoms with Gasteiger partial charge in [-0.1, -0.05) is 0 Å². The monoisotopic (exact) mass is 257 g/mol. The van der Waals surface area contributed by atoms with Crippen LogP contribution in [-0.4, -0.2) is 60.3 Å². The maximum absolute atomic E-state index is 11.8. The van der Waals surface area contributed by atoms with Crippen molar-refractivity contribution >= 4 is 17.8 Å². The molecule has 0 aromatic rings. The Hall–Kier alpha value is -1.89. The summed E-state index contributed by atoms with van der Waals surface area (Å²) in [5.41, 5.74) is 0. The minimum Gasteiger partial charge on any atom is -0.478 e. The second-order valence-corrected chi connectivity index (χ2v) is 3.69. The number of nitrogens with zero attached hydrogens (tertiary/aromatic N) is 1. The highest BCUT2D eigenvalue weighted by Gasteiger charge is 2.24. The fraction of sp³-hybridized carbons (Fsp3) is 0.545. The van der Waals surface area contributed by atoms with Gasteiger partial charge in [0.05, 0.1) is 13.2 Å². The van der Waals surface area contributed by atoms with Crippen LogP contribution in [0.15, 0.2) is 12.2 Å². The summed E-state index contributed by atoms with van der Waals surface area (Å²) in [7, 11) is 0. The van der Waals surface area contributed by atoms with E-state index < -0.39 is 18.0 Å². The number of carboxylic acids is 1. The summed E-state index contributed by atoms with van der Waals surface area (Å²) >= 11 is 0. The molecule has 0 saturated carbocycles. The Morgan fingerprint density at radius 2 is 1.89 bits per heavy atom. The molecule has 7 nitrogen and oxygen atoms in total. The average Bonchev–Trinajstić information content (AvgIpc) is 2.36. The van der Waals surface area contributed by atoms with Gasteiger partial charge in [0.2, 0.25) is 0 Å². The number of amides is 1. The van der Waals surface area contributed by atoms with E-state index in [-0.39, 0.29) is 5.91 Å². The van der Waals surface area contributed by atoms with Gasteiger partial charge in [0.1, 0.15) is 0 Å². The lowest BCUT2D eigenvalue weighted by Gasteiger charge is -2.28.